The summed E-state index contributed by atoms with van der Waals surface area (Å²) in [6.07, 6.45) is 0. The Morgan fingerprint density at radius 2 is 1.30 bits per heavy atom. The van der Waals surface area contributed by atoms with Gasteiger partial charge in [0.05, 0.1) is 0 Å². The fraction of sp³-hybridized carbons (Fsp3) is 0.294. The van der Waals surface area contributed by atoms with Crippen LogP contribution >= 0.6 is 23.2 Å². The van der Waals surface area contributed by atoms with Gasteiger partial charge in [0, 0.05) is 10.0 Å². The van der Waals surface area contributed by atoms with Crippen LogP contribution in [-0.2, 0) is 0 Å². The van der Waals surface area contributed by atoms with E-state index in [0.29, 0.717) is 5.02 Å². The van der Waals surface area contributed by atoms with E-state index in [2.05, 4.69) is 13.8 Å². The molecule has 0 N–H and O–H groups in total. The normalized spacial score (nSPS) is 9.00. The molecule has 0 saturated carbocycles. The van der Waals surface area contributed by atoms with Gasteiger partial charge in [-0.15, -0.1) is 0 Å². The monoisotopic (exact) mass is 314 g/mol. The fourth-order valence-electron chi connectivity index (χ4n) is 1.27. The van der Waals surface area contributed by atoms with E-state index >= 15 is 0 Å². The number of rotatable bonds is 0. The Morgan fingerprint density at radius 1 is 0.750 bits per heavy atom. The molecule has 0 aromatic heterocycles. The van der Waals surface area contributed by atoms with Crippen molar-refractivity contribution in [2.45, 2.75) is 34.6 Å². The Balaban J connectivity index is 0.000000321. The van der Waals surface area contributed by atoms with Crippen molar-refractivity contribution in [3.8, 4) is 0 Å². The molecule has 0 aliphatic heterocycles. The smallest absolute Gasteiger partial charge is 0.124 e. The Morgan fingerprint density at radius 3 is 1.70 bits per heavy atom. The van der Waals surface area contributed by atoms with Gasteiger partial charge in [0.25, 0.3) is 0 Å². The molecule has 110 valence electrons. The molecule has 0 amide bonds. The summed E-state index contributed by atoms with van der Waals surface area (Å²) in [6.45, 7) is 9.97. The van der Waals surface area contributed by atoms with Gasteiger partial charge in [0.15, 0.2) is 0 Å². The first-order valence-corrected chi connectivity index (χ1v) is 7.30. The van der Waals surface area contributed by atoms with Crippen LogP contribution < -0.4 is 0 Å². The fourth-order valence-corrected chi connectivity index (χ4v) is 1.67. The number of hydrogen-bond donors (Lipinski definition) is 0. The van der Waals surface area contributed by atoms with Gasteiger partial charge in [-0.2, -0.15) is 0 Å². The minimum Gasteiger partial charge on any atom is -0.207 e. The number of hydrogen-bond acceptors (Lipinski definition) is 0. The molecule has 0 atom stereocenters. The van der Waals surface area contributed by atoms with Crippen molar-refractivity contribution in [1.82, 2.24) is 0 Å². The maximum atomic E-state index is 12.3. The lowest BCUT2D eigenvalue weighted by Gasteiger charge is -1.97. The third-order valence-corrected chi connectivity index (χ3v) is 3.25. The van der Waals surface area contributed by atoms with E-state index < -0.39 is 0 Å². The molecule has 0 saturated heterocycles. The Hall–Kier alpha value is -1.05. The van der Waals surface area contributed by atoms with E-state index in [1.165, 1.54) is 23.3 Å². The molecule has 0 unspecified atom stereocenters. The first-order chi connectivity index (χ1) is 9.40. The van der Waals surface area contributed by atoms with Crippen LogP contribution in [0.5, 0.6) is 0 Å². The van der Waals surface area contributed by atoms with Crippen LogP contribution in [0.4, 0.5) is 4.39 Å². The van der Waals surface area contributed by atoms with Gasteiger partial charge in [-0.05, 0) is 61.7 Å². The van der Waals surface area contributed by atoms with Crippen LogP contribution in [0.3, 0.4) is 0 Å². The Bertz CT molecular complexity index is 487. The van der Waals surface area contributed by atoms with E-state index in [4.69, 9.17) is 23.2 Å². The largest absolute Gasteiger partial charge is 0.207 e. The van der Waals surface area contributed by atoms with E-state index in [0.717, 1.165) is 10.6 Å². The van der Waals surface area contributed by atoms with Crippen molar-refractivity contribution in [1.29, 1.82) is 0 Å². The third-order valence-electron chi connectivity index (χ3n) is 2.60. The summed E-state index contributed by atoms with van der Waals surface area (Å²) in [7, 11) is 0. The molecular weight excluding hydrogens is 294 g/mol. The van der Waals surface area contributed by atoms with Crippen LogP contribution in [0.1, 0.15) is 30.5 Å². The first kappa shape index (κ1) is 18.9. The third kappa shape index (κ3) is 6.93. The molecule has 2 aromatic rings. The highest BCUT2D eigenvalue weighted by Gasteiger charge is 1.94. The van der Waals surface area contributed by atoms with Crippen LogP contribution in [0.25, 0.3) is 0 Å². The van der Waals surface area contributed by atoms with Gasteiger partial charge in [-0.1, -0.05) is 49.2 Å². The lowest BCUT2D eigenvalue weighted by Crippen LogP contribution is -1.77. The molecule has 0 nitrogen and oxygen atoms in total. The highest BCUT2D eigenvalue weighted by atomic mass is 35.5. The molecule has 0 fully saturated rings. The second-order valence-electron chi connectivity index (χ2n) is 4.12. The van der Waals surface area contributed by atoms with Crippen molar-refractivity contribution >= 4 is 23.2 Å². The molecule has 0 bridgehead atoms. The lowest BCUT2D eigenvalue weighted by molar-refractivity contribution is 0.627. The van der Waals surface area contributed by atoms with E-state index in [9.17, 15) is 4.39 Å². The zero-order valence-electron chi connectivity index (χ0n) is 12.6. The summed E-state index contributed by atoms with van der Waals surface area (Å²) in [5.74, 6) is -0.286. The van der Waals surface area contributed by atoms with Crippen molar-refractivity contribution in [2.75, 3.05) is 0 Å². The van der Waals surface area contributed by atoms with Crippen molar-refractivity contribution in [3.63, 3.8) is 0 Å². The van der Waals surface area contributed by atoms with Crippen LogP contribution in [-0.4, -0.2) is 0 Å². The van der Waals surface area contributed by atoms with Crippen LogP contribution in [0.2, 0.25) is 10.0 Å². The molecule has 0 heterocycles. The van der Waals surface area contributed by atoms with Crippen molar-refractivity contribution in [3.05, 3.63) is 69.0 Å². The zero-order valence-corrected chi connectivity index (χ0v) is 14.1. The van der Waals surface area contributed by atoms with Crippen molar-refractivity contribution in [2.24, 2.45) is 0 Å². The molecular formula is C17H21Cl2F. The summed E-state index contributed by atoms with van der Waals surface area (Å²) >= 11 is 11.3. The van der Waals surface area contributed by atoms with Gasteiger partial charge in [-0.3, -0.25) is 0 Å². The SMILES string of the molecule is CC.Cc1ccc(Cl)cc1C.Cc1ccc(F)cc1Cl. The quantitative estimate of drug-likeness (QED) is 0.503. The minimum atomic E-state index is -0.286. The first-order valence-electron chi connectivity index (χ1n) is 6.54. The highest BCUT2D eigenvalue weighted by molar-refractivity contribution is 6.31. The number of aryl methyl sites for hydroxylation is 3. The summed E-state index contributed by atoms with van der Waals surface area (Å²) in [6, 6.07) is 10.2. The number of benzene rings is 2. The van der Waals surface area contributed by atoms with Gasteiger partial charge in [0.1, 0.15) is 5.82 Å². The number of halogens is 3. The maximum Gasteiger partial charge on any atom is 0.124 e. The highest BCUT2D eigenvalue weighted by Crippen LogP contribution is 2.15. The van der Waals surface area contributed by atoms with Crippen molar-refractivity contribution < 1.29 is 4.39 Å². The molecule has 0 aliphatic carbocycles. The van der Waals surface area contributed by atoms with Gasteiger partial charge in [0.2, 0.25) is 0 Å². The topological polar surface area (TPSA) is 0 Å². The summed E-state index contributed by atoms with van der Waals surface area (Å²) in [5, 5.41) is 1.30. The van der Waals surface area contributed by atoms with Gasteiger partial charge < -0.3 is 0 Å². The molecule has 2 aromatic carbocycles. The van der Waals surface area contributed by atoms with Gasteiger partial charge in [-0.25, -0.2) is 4.39 Å². The Kier molecular flexibility index (Phi) is 9.28. The average molecular weight is 315 g/mol. The van der Waals surface area contributed by atoms with Gasteiger partial charge >= 0.3 is 0 Å². The van der Waals surface area contributed by atoms with E-state index in [1.54, 1.807) is 6.07 Å². The molecule has 3 heteroatoms. The molecule has 0 spiro atoms. The zero-order chi connectivity index (χ0) is 15.7. The molecule has 20 heavy (non-hydrogen) atoms. The molecule has 2 rings (SSSR count). The van der Waals surface area contributed by atoms with E-state index in [-0.39, 0.29) is 5.82 Å². The predicted molar refractivity (Wildman–Crippen MR) is 88.4 cm³/mol. The Labute approximate surface area is 131 Å². The molecule has 0 aliphatic rings. The second kappa shape index (κ2) is 9.79. The maximum absolute atomic E-state index is 12.3. The summed E-state index contributed by atoms with van der Waals surface area (Å²) in [5.41, 5.74) is 3.44. The van der Waals surface area contributed by atoms with E-state index in [1.807, 2.05) is 39.0 Å². The van der Waals surface area contributed by atoms with Crippen LogP contribution in [0, 0.1) is 26.6 Å². The van der Waals surface area contributed by atoms with Crippen LogP contribution in [0.15, 0.2) is 36.4 Å². The lowest BCUT2D eigenvalue weighted by atomic mass is 10.1. The standard InChI is InChI=1S/C8H9Cl.C7H6ClF.C2H6/c1-6-3-4-8(9)5-7(6)2;1-5-2-3-6(9)4-7(5)8;1-2/h3-5H,1-2H3;2-4H,1H3;1-2H3. The second-order valence-corrected chi connectivity index (χ2v) is 4.97. The average Bonchev–Trinajstić information content (AvgIpc) is 2.42. The molecule has 0 radical (unpaired) electrons. The minimum absolute atomic E-state index is 0.286. The summed E-state index contributed by atoms with van der Waals surface area (Å²) in [4.78, 5) is 0. The summed E-state index contributed by atoms with van der Waals surface area (Å²) < 4.78 is 12.3. The predicted octanol–water partition coefficient (Wildman–Crippen LogP) is 6.77.